The maximum absolute atomic E-state index is 4.32. The Labute approximate surface area is 174 Å². The van der Waals surface area contributed by atoms with Crippen molar-refractivity contribution in [1.29, 1.82) is 0 Å². The Morgan fingerprint density at radius 2 is 2.08 bits per heavy atom. The first-order valence-electron chi connectivity index (χ1n) is 9.38. The summed E-state index contributed by atoms with van der Waals surface area (Å²) in [7, 11) is 1.85. The fraction of sp³-hybridized carbons (Fsp3) is 0.737. The average Bonchev–Trinajstić information content (AvgIpc) is 3.13. The largest absolute Gasteiger partial charge is 0.356 e. The average molecular weight is 478 g/mol. The van der Waals surface area contributed by atoms with Crippen LogP contribution in [0.4, 0.5) is 0 Å². The van der Waals surface area contributed by atoms with Crippen molar-refractivity contribution in [3.63, 3.8) is 0 Å². The van der Waals surface area contributed by atoms with Crippen LogP contribution >= 0.6 is 35.3 Å². The SMILES string of the molecule is CN=C(NCCCCN1CCC(C)CC1)NCC(C)c1ccsc1.I. The van der Waals surface area contributed by atoms with E-state index in [4.69, 9.17) is 0 Å². The van der Waals surface area contributed by atoms with Gasteiger partial charge >= 0.3 is 0 Å². The number of rotatable bonds is 8. The molecule has 4 nitrogen and oxygen atoms in total. The lowest BCUT2D eigenvalue weighted by Crippen LogP contribution is -2.39. The minimum Gasteiger partial charge on any atom is -0.356 e. The zero-order valence-electron chi connectivity index (χ0n) is 16.0. The van der Waals surface area contributed by atoms with Crippen LogP contribution in [0.15, 0.2) is 21.8 Å². The zero-order valence-corrected chi connectivity index (χ0v) is 19.1. The number of piperidine rings is 1. The molecule has 6 heteroatoms. The number of hydrogen-bond donors (Lipinski definition) is 2. The van der Waals surface area contributed by atoms with Crippen LogP contribution in [0.25, 0.3) is 0 Å². The van der Waals surface area contributed by atoms with Gasteiger partial charge in [0.15, 0.2) is 5.96 Å². The first-order chi connectivity index (χ1) is 11.7. The van der Waals surface area contributed by atoms with E-state index in [0.717, 1.165) is 25.0 Å². The first-order valence-corrected chi connectivity index (χ1v) is 10.3. The van der Waals surface area contributed by atoms with Gasteiger partial charge in [0.25, 0.3) is 0 Å². The number of halogens is 1. The summed E-state index contributed by atoms with van der Waals surface area (Å²) in [5.41, 5.74) is 1.40. The fourth-order valence-corrected chi connectivity index (χ4v) is 3.88. The summed E-state index contributed by atoms with van der Waals surface area (Å²) < 4.78 is 0. The summed E-state index contributed by atoms with van der Waals surface area (Å²) in [5, 5.41) is 11.2. The number of likely N-dealkylation sites (tertiary alicyclic amines) is 1. The van der Waals surface area contributed by atoms with E-state index in [1.54, 1.807) is 11.3 Å². The molecule has 0 spiro atoms. The van der Waals surface area contributed by atoms with Crippen LogP contribution in [0, 0.1) is 5.92 Å². The second-order valence-electron chi connectivity index (χ2n) is 7.07. The quantitative estimate of drug-likeness (QED) is 0.255. The van der Waals surface area contributed by atoms with Crippen LogP contribution in [-0.4, -0.2) is 50.6 Å². The van der Waals surface area contributed by atoms with Crippen molar-refractivity contribution in [2.45, 2.75) is 45.4 Å². The van der Waals surface area contributed by atoms with E-state index in [0.29, 0.717) is 5.92 Å². The highest BCUT2D eigenvalue weighted by atomic mass is 127. The van der Waals surface area contributed by atoms with E-state index < -0.39 is 0 Å². The number of guanidine groups is 1. The maximum Gasteiger partial charge on any atom is 0.190 e. The van der Waals surface area contributed by atoms with Crippen LogP contribution < -0.4 is 10.6 Å². The molecule has 2 N–H and O–H groups in total. The molecule has 1 unspecified atom stereocenters. The summed E-state index contributed by atoms with van der Waals surface area (Å²) >= 11 is 1.76. The Morgan fingerprint density at radius 1 is 1.32 bits per heavy atom. The minimum atomic E-state index is 0. The van der Waals surface area contributed by atoms with Crippen molar-refractivity contribution in [2.24, 2.45) is 10.9 Å². The molecule has 2 rings (SSSR count). The van der Waals surface area contributed by atoms with Crippen LogP contribution in [0.3, 0.4) is 0 Å². The van der Waals surface area contributed by atoms with Gasteiger partial charge in [-0.25, -0.2) is 0 Å². The third kappa shape index (κ3) is 8.73. The van der Waals surface area contributed by atoms with Gasteiger partial charge in [-0.15, -0.1) is 24.0 Å². The Kier molecular flexibility index (Phi) is 11.7. The number of thiophene rings is 1. The predicted octanol–water partition coefficient (Wildman–Crippen LogP) is 4.15. The number of nitrogens with zero attached hydrogens (tertiary/aromatic N) is 2. The highest BCUT2D eigenvalue weighted by Crippen LogP contribution is 2.17. The van der Waals surface area contributed by atoms with E-state index in [2.05, 4.69) is 51.2 Å². The highest BCUT2D eigenvalue weighted by molar-refractivity contribution is 14.0. The second-order valence-corrected chi connectivity index (χ2v) is 7.85. The zero-order chi connectivity index (χ0) is 17.2. The molecule has 144 valence electrons. The third-order valence-electron chi connectivity index (χ3n) is 4.98. The van der Waals surface area contributed by atoms with Crippen LogP contribution in [-0.2, 0) is 0 Å². The summed E-state index contributed by atoms with van der Waals surface area (Å²) in [5.74, 6) is 2.36. The normalized spacial score (nSPS) is 17.8. The van der Waals surface area contributed by atoms with E-state index in [9.17, 15) is 0 Å². The van der Waals surface area contributed by atoms with Crippen LogP contribution in [0.2, 0.25) is 0 Å². The smallest absolute Gasteiger partial charge is 0.190 e. The second kappa shape index (κ2) is 12.9. The van der Waals surface area contributed by atoms with Gasteiger partial charge in [0.05, 0.1) is 0 Å². The molecule has 0 bridgehead atoms. The maximum atomic E-state index is 4.32. The van der Waals surface area contributed by atoms with Crippen molar-refractivity contribution >= 4 is 41.3 Å². The Bertz CT molecular complexity index is 470. The summed E-state index contributed by atoms with van der Waals surface area (Å²) in [6, 6.07) is 2.20. The highest BCUT2D eigenvalue weighted by Gasteiger charge is 2.14. The third-order valence-corrected chi connectivity index (χ3v) is 5.68. The van der Waals surface area contributed by atoms with Gasteiger partial charge in [0.1, 0.15) is 0 Å². The summed E-state index contributed by atoms with van der Waals surface area (Å²) in [6.07, 6.45) is 5.21. The molecule has 2 heterocycles. The lowest BCUT2D eigenvalue weighted by atomic mass is 9.99. The molecule has 1 saturated heterocycles. The van der Waals surface area contributed by atoms with E-state index >= 15 is 0 Å². The molecule has 1 aliphatic heterocycles. The molecule has 1 fully saturated rings. The standard InChI is InChI=1S/C19H34N4S.HI/c1-16-6-11-23(12-7-16)10-5-4-9-21-19(20-3)22-14-17(2)18-8-13-24-15-18;/h8,13,15-17H,4-7,9-12,14H2,1-3H3,(H2,20,21,22);1H. The van der Waals surface area contributed by atoms with Gasteiger partial charge in [-0.2, -0.15) is 11.3 Å². The lowest BCUT2D eigenvalue weighted by molar-refractivity contribution is 0.189. The molecular weight excluding hydrogens is 443 g/mol. The van der Waals surface area contributed by atoms with Crippen molar-refractivity contribution in [2.75, 3.05) is 39.8 Å². The molecule has 0 aromatic carbocycles. The summed E-state index contributed by atoms with van der Waals surface area (Å²) in [4.78, 5) is 6.94. The number of hydrogen-bond acceptors (Lipinski definition) is 3. The van der Waals surface area contributed by atoms with Crippen molar-refractivity contribution in [3.8, 4) is 0 Å². The van der Waals surface area contributed by atoms with Gasteiger partial charge in [0.2, 0.25) is 0 Å². The van der Waals surface area contributed by atoms with E-state index in [1.165, 1.54) is 50.9 Å². The fourth-order valence-electron chi connectivity index (χ4n) is 3.10. The van der Waals surface area contributed by atoms with Crippen LogP contribution in [0.1, 0.15) is 51.0 Å². The van der Waals surface area contributed by atoms with E-state index in [1.807, 2.05) is 7.05 Å². The molecule has 0 saturated carbocycles. The molecule has 1 aliphatic rings. The van der Waals surface area contributed by atoms with E-state index in [-0.39, 0.29) is 24.0 Å². The summed E-state index contributed by atoms with van der Waals surface area (Å²) in [6.45, 7) is 10.4. The number of unbranched alkanes of at least 4 members (excludes halogenated alkanes) is 1. The van der Waals surface area contributed by atoms with Gasteiger partial charge in [-0.1, -0.05) is 13.8 Å². The molecule has 0 radical (unpaired) electrons. The topological polar surface area (TPSA) is 39.7 Å². The molecule has 0 aliphatic carbocycles. The Hall–Kier alpha value is -0.340. The minimum absolute atomic E-state index is 0. The van der Waals surface area contributed by atoms with Crippen LogP contribution in [0.5, 0.6) is 0 Å². The molecule has 1 atom stereocenters. The Balaban J connectivity index is 0.00000312. The predicted molar refractivity (Wildman–Crippen MR) is 122 cm³/mol. The van der Waals surface area contributed by atoms with Crippen molar-refractivity contribution in [3.05, 3.63) is 22.4 Å². The van der Waals surface area contributed by atoms with Gasteiger partial charge in [-0.3, -0.25) is 4.99 Å². The van der Waals surface area contributed by atoms with Crippen molar-refractivity contribution < 1.29 is 0 Å². The number of aliphatic imine (C=N–C) groups is 1. The van der Waals surface area contributed by atoms with Gasteiger partial charge in [-0.05, 0) is 79.5 Å². The molecule has 0 amide bonds. The monoisotopic (exact) mass is 478 g/mol. The molecule has 1 aromatic rings. The molecule has 25 heavy (non-hydrogen) atoms. The molecule has 1 aromatic heterocycles. The van der Waals surface area contributed by atoms with Gasteiger partial charge in [0, 0.05) is 20.1 Å². The Morgan fingerprint density at radius 3 is 2.72 bits per heavy atom. The lowest BCUT2D eigenvalue weighted by Gasteiger charge is -2.30. The number of nitrogens with one attached hydrogen (secondary N) is 2. The first kappa shape index (κ1) is 22.7. The molecular formula is C19H35IN4S. The van der Waals surface area contributed by atoms with Crippen molar-refractivity contribution in [1.82, 2.24) is 15.5 Å². The van der Waals surface area contributed by atoms with Gasteiger partial charge < -0.3 is 15.5 Å².